The Balaban J connectivity index is 1.76. The molecule has 2 heterocycles. The van der Waals surface area contributed by atoms with Crippen LogP contribution in [-0.4, -0.2) is 23.2 Å². The minimum atomic E-state index is -3.52. The van der Waals surface area contributed by atoms with E-state index in [1.54, 1.807) is 28.9 Å². The number of aryl methyl sites for hydroxylation is 1. The van der Waals surface area contributed by atoms with Crippen LogP contribution in [0.1, 0.15) is 35.8 Å². The molecule has 0 aliphatic carbocycles. The van der Waals surface area contributed by atoms with Gasteiger partial charge in [0.15, 0.2) is 0 Å². The summed E-state index contributed by atoms with van der Waals surface area (Å²) >= 11 is 0. The molecule has 0 spiro atoms. The number of aromatic nitrogens is 3. The van der Waals surface area contributed by atoms with Crippen LogP contribution < -0.4 is 4.72 Å². The molecule has 0 unspecified atom stereocenters. The molecular weight excluding hydrogens is 302 g/mol. The van der Waals surface area contributed by atoms with Crippen molar-refractivity contribution in [1.82, 2.24) is 19.5 Å². The fourth-order valence-corrected chi connectivity index (χ4v) is 3.97. The van der Waals surface area contributed by atoms with Gasteiger partial charge in [-0.3, -0.25) is 0 Å². The summed E-state index contributed by atoms with van der Waals surface area (Å²) in [4.78, 5) is 4.14. The zero-order chi connectivity index (χ0) is 15.6. The Hall–Kier alpha value is -2.24. The van der Waals surface area contributed by atoms with Crippen molar-refractivity contribution < 1.29 is 8.42 Å². The quantitative estimate of drug-likeness (QED) is 0.910. The number of nitrogens with one attached hydrogen (secondary N) is 1. The van der Waals surface area contributed by atoms with E-state index in [0.29, 0.717) is 23.4 Å². The number of benzene rings is 1. The molecule has 2 aromatic rings. The van der Waals surface area contributed by atoms with E-state index in [1.165, 1.54) is 6.33 Å². The van der Waals surface area contributed by atoms with Crippen molar-refractivity contribution in [3.8, 4) is 6.07 Å². The second kappa shape index (κ2) is 5.87. The number of sulfonamides is 1. The van der Waals surface area contributed by atoms with Crippen LogP contribution in [0.2, 0.25) is 0 Å². The normalized spacial score (nSPS) is 17.7. The van der Waals surface area contributed by atoms with Gasteiger partial charge in [0.05, 0.1) is 23.4 Å². The molecule has 1 aromatic carbocycles. The Morgan fingerprint density at radius 1 is 1.45 bits per heavy atom. The molecule has 1 aliphatic rings. The minimum absolute atomic E-state index is 0.160. The van der Waals surface area contributed by atoms with Gasteiger partial charge in [-0.2, -0.15) is 10.4 Å². The average Bonchev–Trinajstić information content (AvgIpc) is 2.96. The summed E-state index contributed by atoms with van der Waals surface area (Å²) in [5, 5.41) is 13.0. The van der Waals surface area contributed by atoms with Gasteiger partial charge < -0.3 is 0 Å². The van der Waals surface area contributed by atoms with Crippen LogP contribution in [0.4, 0.5) is 0 Å². The van der Waals surface area contributed by atoms with Gasteiger partial charge in [0.25, 0.3) is 0 Å². The van der Waals surface area contributed by atoms with E-state index in [-0.39, 0.29) is 11.8 Å². The number of nitrogens with zero attached hydrogens (tertiary/aromatic N) is 4. The molecular formula is C14H15N5O2S. The lowest BCUT2D eigenvalue weighted by atomic mass is 10.1. The second-order valence-corrected chi connectivity index (χ2v) is 6.98. The Labute approximate surface area is 128 Å². The minimum Gasteiger partial charge on any atom is -0.248 e. The third-order valence-electron chi connectivity index (χ3n) is 3.55. The van der Waals surface area contributed by atoms with Crippen molar-refractivity contribution in [2.45, 2.75) is 31.2 Å². The molecule has 1 aliphatic heterocycles. The fraction of sp³-hybridized carbons (Fsp3) is 0.357. The van der Waals surface area contributed by atoms with Crippen molar-refractivity contribution >= 4 is 10.0 Å². The molecule has 7 nitrogen and oxygen atoms in total. The molecule has 22 heavy (non-hydrogen) atoms. The second-order valence-electron chi connectivity index (χ2n) is 5.23. The monoisotopic (exact) mass is 317 g/mol. The topological polar surface area (TPSA) is 101 Å². The van der Waals surface area contributed by atoms with Crippen molar-refractivity contribution in [3.63, 3.8) is 0 Å². The summed E-state index contributed by atoms with van der Waals surface area (Å²) in [6, 6.07) is 8.27. The van der Waals surface area contributed by atoms with Crippen LogP contribution in [0.25, 0.3) is 0 Å². The van der Waals surface area contributed by atoms with E-state index in [4.69, 9.17) is 5.26 Å². The van der Waals surface area contributed by atoms with Crippen LogP contribution in [0, 0.1) is 11.3 Å². The first-order chi connectivity index (χ1) is 10.6. The summed E-state index contributed by atoms with van der Waals surface area (Å²) in [6.07, 6.45) is 3.00. The van der Waals surface area contributed by atoms with E-state index in [0.717, 1.165) is 13.0 Å². The molecule has 0 radical (unpaired) electrons. The molecule has 0 amide bonds. The summed E-state index contributed by atoms with van der Waals surface area (Å²) in [5.74, 6) is 0.494. The molecule has 0 fully saturated rings. The van der Waals surface area contributed by atoms with Crippen LogP contribution in [0.15, 0.2) is 30.6 Å². The van der Waals surface area contributed by atoms with Gasteiger partial charge >= 0.3 is 0 Å². The largest absolute Gasteiger partial charge is 0.248 e. The van der Waals surface area contributed by atoms with Gasteiger partial charge in [-0.15, -0.1) is 0 Å². The number of rotatable bonds is 4. The Morgan fingerprint density at radius 3 is 3.14 bits per heavy atom. The van der Waals surface area contributed by atoms with Crippen molar-refractivity contribution in [2.75, 3.05) is 0 Å². The summed E-state index contributed by atoms with van der Waals surface area (Å²) in [6.45, 7) is 0.762. The lowest BCUT2D eigenvalue weighted by Gasteiger charge is -2.23. The highest BCUT2D eigenvalue weighted by molar-refractivity contribution is 7.88. The summed E-state index contributed by atoms with van der Waals surface area (Å²) in [7, 11) is -3.52. The number of fused-ring (bicyclic) bond motifs is 1. The zero-order valence-corrected chi connectivity index (χ0v) is 12.6. The van der Waals surface area contributed by atoms with Gasteiger partial charge in [-0.1, -0.05) is 12.1 Å². The zero-order valence-electron chi connectivity index (χ0n) is 11.8. The molecule has 0 saturated heterocycles. The van der Waals surface area contributed by atoms with Gasteiger partial charge in [0, 0.05) is 6.54 Å². The first-order valence-corrected chi connectivity index (χ1v) is 8.59. The van der Waals surface area contributed by atoms with E-state index in [2.05, 4.69) is 14.8 Å². The number of nitriles is 1. The van der Waals surface area contributed by atoms with E-state index in [1.807, 2.05) is 6.07 Å². The number of hydrogen-bond acceptors (Lipinski definition) is 5. The van der Waals surface area contributed by atoms with E-state index in [9.17, 15) is 8.42 Å². The first kappa shape index (κ1) is 14.7. The molecule has 1 aromatic heterocycles. The van der Waals surface area contributed by atoms with Gasteiger partial charge in [0.2, 0.25) is 10.0 Å². The van der Waals surface area contributed by atoms with Gasteiger partial charge in [0.1, 0.15) is 12.2 Å². The molecule has 0 bridgehead atoms. The Bertz CT molecular complexity index is 822. The highest BCUT2D eigenvalue weighted by atomic mass is 32.2. The smallest absolute Gasteiger partial charge is 0.216 e. The average molecular weight is 317 g/mol. The molecule has 0 saturated carbocycles. The fourth-order valence-electron chi connectivity index (χ4n) is 2.61. The maximum atomic E-state index is 12.3. The predicted octanol–water partition coefficient (Wildman–Crippen LogP) is 1.10. The predicted molar refractivity (Wildman–Crippen MR) is 78.9 cm³/mol. The summed E-state index contributed by atoms with van der Waals surface area (Å²) in [5.41, 5.74) is 1.04. The lowest BCUT2D eigenvalue weighted by Crippen LogP contribution is -2.34. The van der Waals surface area contributed by atoms with Crippen LogP contribution in [-0.2, 0) is 22.3 Å². The summed E-state index contributed by atoms with van der Waals surface area (Å²) < 4.78 is 29.1. The highest BCUT2D eigenvalue weighted by Crippen LogP contribution is 2.23. The Morgan fingerprint density at radius 2 is 2.32 bits per heavy atom. The Kier molecular flexibility index (Phi) is 3.92. The third-order valence-corrected chi connectivity index (χ3v) is 4.91. The molecule has 8 heteroatoms. The number of hydrogen-bond donors (Lipinski definition) is 1. The SMILES string of the molecule is N#Cc1cccc(CS(=O)(=O)N[C@H]2CCCn3ncnc32)c1. The van der Waals surface area contributed by atoms with Crippen LogP contribution >= 0.6 is 0 Å². The van der Waals surface area contributed by atoms with Crippen LogP contribution in [0.5, 0.6) is 0 Å². The van der Waals surface area contributed by atoms with Crippen molar-refractivity contribution in [1.29, 1.82) is 5.26 Å². The molecule has 1 atom stereocenters. The third kappa shape index (κ3) is 3.16. The first-order valence-electron chi connectivity index (χ1n) is 6.94. The molecule has 1 N–H and O–H groups in total. The van der Waals surface area contributed by atoms with Crippen molar-refractivity contribution in [3.05, 3.63) is 47.5 Å². The van der Waals surface area contributed by atoms with E-state index < -0.39 is 10.0 Å². The van der Waals surface area contributed by atoms with Crippen molar-refractivity contribution in [2.24, 2.45) is 0 Å². The van der Waals surface area contributed by atoms with Gasteiger partial charge in [-0.25, -0.2) is 22.8 Å². The highest BCUT2D eigenvalue weighted by Gasteiger charge is 2.26. The lowest BCUT2D eigenvalue weighted by molar-refractivity contribution is 0.400. The molecule has 114 valence electrons. The van der Waals surface area contributed by atoms with Crippen LogP contribution in [0.3, 0.4) is 0 Å². The standard InChI is InChI=1S/C14H15N5O2S/c15-8-11-3-1-4-12(7-11)9-22(20,21)18-13-5-2-6-19-14(13)16-10-17-19/h1,3-4,7,10,13,18H,2,5-6,9H2/t13-/m0/s1. The maximum absolute atomic E-state index is 12.3. The maximum Gasteiger partial charge on any atom is 0.216 e. The van der Waals surface area contributed by atoms with E-state index >= 15 is 0 Å². The molecule has 3 rings (SSSR count). The van der Waals surface area contributed by atoms with Gasteiger partial charge in [-0.05, 0) is 30.5 Å².